The van der Waals surface area contributed by atoms with Crippen LogP contribution in [0.2, 0.25) is 0 Å². The first kappa shape index (κ1) is 12.5. The normalized spacial score (nSPS) is 20.8. The van der Waals surface area contributed by atoms with Crippen LogP contribution in [-0.4, -0.2) is 4.33 Å². The predicted octanol–water partition coefficient (Wildman–Crippen LogP) is 4.72. The van der Waals surface area contributed by atoms with E-state index in [2.05, 4.69) is 0 Å². The summed E-state index contributed by atoms with van der Waals surface area (Å²) in [4.78, 5) is 0. The summed E-state index contributed by atoms with van der Waals surface area (Å²) in [5.41, 5.74) is -0.366. The largest absolute Gasteiger partial charge is 0.458 e. The first-order valence-corrected chi connectivity index (χ1v) is 6.19. The van der Waals surface area contributed by atoms with E-state index in [1.165, 1.54) is 0 Å². The lowest BCUT2D eigenvalue weighted by Gasteiger charge is -2.35. The molecule has 0 amide bonds. The number of ether oxygens (including phenoxy) is 1. The molecule has 1 aliphatic rings. The number of rotatable bonds is 2. The highest BCUT2D eigenvalue weighted by molar-refractivity contribution is 6.50. The first-order valence-electron chi connectivity index (χ1n) is 5.43. The molecule has 17 heavy (non-hydrogen) atoms. The molecule has 0 atom stereocenters. The molecule has 0 saturated carbocycles. The zero-order chi connectivity index (χ0) is 12.5. The quantitative estimate of drug-likeness (QED) is 0.706. The Balaban J connectivity index is 2.20. The van der Waals surface area contributed by atoms with Gasteiger partial charge in [-0.05, 0) is 30.4 Å². The molecule has 1 aliphatic carbocycles. The second kappa shape index (κ2) is 4.40. The van der Waals surface area contributed by atoms with E-state index in [0.717, 1.165) is 11.5 Å². The molecule has 0 radical (unpaired) electrons. The molecule has 3 heteroatoms. The van der Waals surface area contributed by atoms with Gasteiger partial charge in [-0.25, -0.2) is 0 Å². The van der Waals surface area contributed by atoms with E-state index in [0.29, 0.717) is 0 Å². The minimum absolute atomic E-state index is 0.366. The maximum Gasteiger partial charge on any atom is 0.145 e. The third-order valence-corrected chi connectivity index (χ3v) is 4.02. The number of hydrogen-bond donors (Lipinski definition) is 0. The summed E-state index contributed by atoms with van der Waals surface area (Å²) >= 11 is 12.4. The molecule has 0 fully saturated rings. The molecule has 2 rings (SSSR count). The second-order valence-electron chi connectivity index (χ2n) is 4.64. The van der Waals surface area contributed by atoms with Gasteiger partial charge in [-0.2, -0.15) is 0 Å². The zero-order valence-corrected chi connectivity index (χ0v) is 11.3. The Morgan fingerprint density at radius 3 is 2.29 bits per heavy atom. The van der Waals surface area contributed by atoms with Crippen LogP contribution in [0.3, 0.4) is 0 Å². The fourth-order valence-electron chi connectivity index (χ4n) is 1.59. The monoisotopic (exact) mass is 268 g/mol. The van der Waals surface area contributed by atoms with Crippen LogP contribution in [0.4, 0.5) is 0 Å². The smallest absolute Gasteiger partial charge is 0.145 e. The average molecular weight is 269 g/mol. The summed E-state index contributed by atoms with van der Waals surface area (Å²) in [7, 11) is 0. The Labute approximate surface area is 112 Å². The third-order valence-electron chi connectivity index (χ3n) is 2.80. The first-order chi connectivity index (χ1) is 7.91. The van der Waals surface area contributed by atoms with Gasteiger partial charge in [0.15, 0.2) is 0 Å². The Morgan fingerprint density at radius 1 is 1.06 bits per heavy atom. The number of para-hydroxylation sites is 1. The molecule has 90 valence electrons. The Kier molecular flexibility index (Phi) is 3.24. The van der Waals surface area contributed by atoms with Crippen LogP contribution in [0.15, 0.2) is 54.3 Å². The van der Waals surface area contributed by atoms with Crippen LogP contribution in [-0.2, 0) is 0 Å². The molecule has 0 heterocycles. The highest BCUT2D eigenvalue weighted by Crippen LogP contribution is 2.46. The predicted molar refractivity (Wildman–Crippen MR) is 72.5 cm³/mol. The van der Waals surface area contributed by atoms with Crippen molar-refractivity contribution in [3.8, 4) is 5.75 Å². The van der Waals surface area contributed by atoms with Crippen LogP contribution in [0, 0.1) is 5.41 Å². The van der Waals surface area contributed by atoms with Crippen molar-refractivity contribution in [2.24, 2.45) is 5.41 Å². The highest BCUT2D eigenvalue weighted by atomic mass is 35.5. The van der Waals surface area contributed by atoms with E-state index in [-0.39, 0.29) is 5.41 Å². The van der Waals surface area contributed by atoms with Crippen molar-refractivity contribution in [2.75, 3.05) is 0 Å². The van der Waals surface area contributed by atoms with Crippen molar-refractivity contribution in [2.45, 2.75) is 18.2 Å². The molecular weight excluding hydrogens is 255 g/mol. The third kappa shape index (κ3) is 2.67. The number of allylic oxidation sites excluding steroid dienone is 3. The second-order valence-corrected chi connectivity index (χ2v) is 6.03. The van der Waals surface area contributed by atoms with Crippen molar-refractivity contribution in [3.63, 3.8) is 0 Å². The molecule has 0 saturated heterocycles. The standard InChI is InChI=1S/C14H14Cl2O/c1-13(2)10-12(8-9-14(13,15)16)17-11-6-4-3-5-7-11/h3-10H,1-2H3. The fraction of sp³-hybridized carbons (Fsp3) is 0.286. The van der Waals surface area contributed by atoms with Gasteiger partial charge in [0.25, 0.3) is 0 Å². The van der Waals surface area contributed by atoms with Gasteiger partial charge in [-0.3, -0.25) is 0 Å². The van der Waals surface area contributed by atoms with Gasteiger partial charge in [0.05, 0.1) is 0 Å². The number of benzene rings is 1. The maximum absolute atomic E-state index is 6.21. The van der Waals surface area contributed by atoms with E-state index in [9.17, 15) is 0 Å². The number of hydrogen-bond acceptors (Lipinski definition) is 1. The van der Waals surface area contributed by atoms with Gasteiger partial charge in [0.1, 0.15) is 15.8 Å². The molecule has 0 spiro atoms. The molecule has 0 unspecified atom stereocenters. The van der Waals surface area contributed by atoms with Crippen LogP contribution >= 0.6 is 23.2 Å². The lowest BCUT2D eigenvalue weighted by atomic mass is 9.84. The van der Waals surface area contributed by atoms with Gasteiger partial charge >= 0.3 is 0 Å². The minimum atomic E-state index is -0.892. The summed E-state index contributed by atoms with van der Waals surface area (Å²) in [5, 5.41) is 0. The summed E-state index contributed by atoms with van der Waals surface area (Å²) in [5.74, 6) is 1.56. The number of halogens is 2. The van der Waals surface area contributed by atoms with Gasteiger partial charge < -0.3 is 4.74 Å². The van der Waals surface area contributed by atoms with Crippen molar-refractivity contribution >= 4 is 23.2 Å². The molecule has 0 N–H and O–H groups in total. The fourth-order valence-corrected chi connectivity index (χ4v) is 1.82. The van der Waals surface area contributed by atoms with Gasteiger partial charge in [-0.15, -0.1) is 0 Å². The molecule has 1 aromatic carbocycles. The SMILES string of the molecule is CC1(C)C=C(Oc2ccccc2)C=CC1(Cl)Cl. The van der Waals surface area contributed by atoms with E-state index >= 15 is 0 Å². The maximum atomic E-state index is 6.21. The number of alkyl halides is 2. The van der Waals surface area contributed by atoms with E-state index < -0.39 is 4.33 Å². The van der Waals surface area contributed by atoms with Crippen LogP contribution in [0.1, 0.15) is 13.8 Å². The van der Waals surface area contributed by atoms with Gasteiger partial charge in [0.2, 0.25) is 0 Å². The Hall–Kier alpha value is -0.920. The average Bonchev–Trinajstić information content (AvgIpc) is 2.25. The Morgan fingerprint density at radius 2 is 1.71 bits per heavy atom. The molecule has 0 aromatic heterocycles. The molecule has 0 aliphatic heterocycles. The lowest BCUT2D eigenvalue weighted by Crippen LogP contribution is -2.33. The lowest BCUT2D eigenvalue weighted by molar-refractivity contribution is 0.389. The van der Waals surface area contributed by atoms with Crippen LogP contribution < -0.4 is 4.74 Å². The van der Waals surface area contributed by atoms with Gasteiger partial charge in [0, 0.05) is 5.41 Å². The minimum Gasteiger partial charge on any atom is -0.458 e. The van der Waals surface area contributed by atoms with Crippen molar-refractivity contribution in [1.82, 2.24) is 0 Å². The Bertz CT molecular complexity index is 458. The highest BCUT2D eigenvalue weighted by Gasteiger charge is 2.40. The zero-order valence-electron chi connectivity index (χ0n) is 9.78. The molecule has 1 nitrogen and oxygen atoms in total. The summed E-state index contributed by atoms with van der Waals surface area (Å²) in [6, 6.07) is 9.63. The van der Waals surface area contributed by atoms with Crippen LogP contribution in [0.25, 0.3) is 0 Å². The van der Waals surface area contributed by atoms with E-state index in [4.69, 9.17) is 27.9 Å². The van der Waals surface area contributed by atoms with Crippen molar-refractivity contribution in [1.29, 1.82) is 0 Å². The molecule has 1 aromatic rings. The molecule has 0 bridgehead atoms. The van der Waals surface area contributed by atoms with E-state index in [1.54, 1.807) is 12.2 Å². The van der Waals surface area contributed by atoms with Crippen LogP contribution in [0.5, 0.6) is 5.75 Å². The summed E-state index contributed by atoms with van der Waals surface area (Å²) in [6.45, 7) is 3.95. The summed E-state index contributed by atoms with van der Waals surface area (Å²) < 4.78 is 4.85. The van der Waals surface area contributed by atoms with Gasteiger partial charge in [-0.1, -0.05) is 55.2 Å². The topological polar surface area (TPSA) is 9.23 Å². The van der Waals surface area contributed by atoms with Crippen molar-refractivity contribution < 1.29 is 4.74 Å². The van der Waals surface area contributed by atoms with Crippen molar-refractivity contribution in [3.05, 3.63) is 54.3 Å². The summed E-state index contributed by atoms with van der Waals surface area (Å²) in [6.07, 6.45) is 5.51. The molecular formula is C14H14Cl2O. The van der Waals surface area contributed by atoms with E-state index in [1.807, 2.05) is 50.3 Å².